The van der Waals surface area contributed by atoms with Gasteiger partial charge in [-0.05, 0) is 67.6 Å². The average Bonchev–Trinajstić information content (AvgIpc) is 2.95. The van der Waals surface area contributed by atoms with Crippen LogP contribution in [0.1, 0.15) is 41.3 Å². The van der Waals surface area contributed by atoms with E-state index in [4.69, 9.17) is 4.98 Å². The summed E-state index contributed by atoms with van der Waals surface area (Å²) in [6, 6.07) is 17.4. The van der Waals surface area contributed by atoms with Crippen molar-refractivity contribution in [3.8, 4) is 0 Å². The van der Waals surface area contributed by atoms with Gasteiger partial charge in [0.2, 0.25) is 0 Å². The van der Waals surface area contributed by atoms with Gasteiger partial charge < -0.3 is 4.98 Å². The summed E-state index contributed by atoms with van der Waals surface area (Å²) in [6.45, 7) is 2.20. The molecule has 2 aromatic carbocycles. The Balaban J connectivity index is 1.76. The normalized spacial score (nSPS) is 17.1. The fourth-order valence-electron chi connectivity index (χ4n) is 4.38. The maximum absolute atomic E-state index is 5.00. The predicted molar refractivity (Wildman–Crippen MR) is 107 cm³/mol. The van der Waals surface area contributed by atoms with Gasteiger partial charge in [-0.1, -0.05) is 34.1 Å². The van der Waals surface area contributed by atoms with E-state index in [1.54, 1.807) is 0 Å². The summed E-state index contributed by atoms with van der Waals surface area (Å²) < 4.78 is 1.11. The maximum Gasteiger partial charge on any atom is 0.0706 e. The lowest BCUT2D eigenvalue weighted by Crippen LogP contribution is -2.13. The summed E-state index contributed by atoms with van der Waals surface area (Å²) in [6.07, 6.45) is 3.47. The third-order valence-corrected chi connectivity index (χ3v) is 5.96. The highest BCUT2D eigenvalue weighted by atomic mass is 79.9. The van der Waals surface area contributed by atoms with Crippen molar-refractivity contribution < 1.29 is 0 Å². The lowest BCUT2D eigenvalue weighted by atomic mass is 9.79. The average molecular weight is 391 g/mol. The number of hydrogen-bond acceptors (Lipinski definition) is 1. The molecule has 1 aliphatic rings. The van der Waals surface area contributed by atoms with Crippen LogP contribution in [0.4, 0.5) is 0 Å². The number of fused-ring (bicyclic) bond motifs is 3. The Morgan fingerprint density at radius 3 is 2.92 bits per heavy atom. The number of nitrogens with one attached hydrogen (secondary N) is 1. The lowest BCUT2D eigenvalue weighted by molar-refractivity contribution is 0.606. The third-order valence-electron chi connectivity index (χ3n) is 5.46. The Labute approximate surface area is 155 Å². The van der Waals surface area contributed by atoms with E-state index in [9.17, 15) is 0 Å². The Kier molecular flexibility index (Phi) is 3.46. The molecule has 0 bridgehead atoms. The number of para-hydroxylation sites is 1. The minimum absolute atomic E-state index is 0.427. The molecular weight excluding hydrogens is 372 g/mol. The zero-order valence-electron chi connectivity index (χ0n) is 14.1. The largest absolute Gasteiger partial charge is 0.358 e. The summed E-state index contributed by atoms with van der Waals surface area (Å²) in [5, 5.41) is 2.57. The van der Waals surface area contributed by atoms with Crippen molar-refractivity contribution in [2.24, 2.45) is 0 Å². The molecule has 1 atom stereocenters. The highest BCUT2D eigenvalue weighted by molar-refractivity contribution is 9.10. The van der Waals surface area contributed by atoms with E-state index in [0.717, 1.165) is 16.4 Å². The smallest absolute Gasteiger partial charge is 0.0706 e. The third kappa shape index (κ3) is 2.41. The van der Waals surface area contributed by atoms with Gasteiger partial charge in [-0.15, -0.1) is 0 Å². The van der Waals surface area contributed by atoms with Crippen LogP contribution in [0.5, 0.6) is 0 Å². The van der Waals surface area contributed by atoms with Crippen LogP contribution in [0.2, 0.25) is 0 Å². The van der Waals surface area contributed by atoms with E-state index in [2.05, 4.69) is 76.4 Å². The first-order chi connectivity index (χ1) is 12.2. The topological polar surface area (TPSA) is 28.7 Å². The van der Waals surface area contributed by atoms with Crippen LogP contribution in [-0.2, 0) is 6.42 Å². The zero-order valence-corrected chi connectivity index (χ0v) is 15.7. The minimum Gasteiger partial charge on any atom is -0.358 e. The summed E-state index contributed by atoms with van der Waals surface area (Å²) in [4.78, 5) is 8.57. The molecule has 1 unspecified atom stereocenters. The van der Waals surface area contributed by atoms with Crippen molar-refractivity contribution in [3.05, 3.63) is 75.5 Å². The summed E-state index contributed by atoms with van der Waals surface area (Å²) in [5.41, 5.74) is 7.75. The summed E-state index contributed by atoms with van der Waals surface area (Å²) in [5.74, 6) is 0.427. The Hall–Kier alpha value is -2.13. The number of benzene rings is 2. The molecule has 2 nitrogen and oxygen atoms in total. The van der Waals surface area contributed by atoms with E-state index in [1.165, 1.54) is 51.6 Å². The van der Waals surface area contributed by atoms with Crippen LogP contribution < -0.4 is 0 Å². The molecule has 124 valence electrons. The van der Waals surface area contributed by atoms with Crippen molar-refractivity contribution in [1.29, 1.82) is 0 Å². The molecule has 3 heteroatoms. The van der Waals surface area contributed by atoms with Crippen LogP contribution in [0, 0.1) is 6.92 Å². The van der Waals surface area contributed by atoms with Gasteiger partial charge in [-0.25, -0.2) is 0 Å². The fourth-order valence-corrected chi connectivity index (χ4v) is 4.76. The van der Waals surface area contributed by atoms with Gasteiger partial charge in [0, 0.05) is 38.1 Å². The van der Waals surface area contributed by atoms with E-state index in [0.29, 0.717) is 5.92 Å². The maximum atomic E-state index is 5.00. The quantitative estimate of drug-likeness (QED) is 0.408. The van der Waals surface area contributed by atoms with Crippen LogP contribution in [0.25, 0.3) is 21.8 Å². The molecule has 25 heavy (non-hydrogen) atoms. The first-order valence-electron chi connectivity index (χ1n) is 8.87. The van der Waals surface area contributed by atoms with Crippen LogP contribution >= 0.6 is 15.9 Å². The van der Waals surface area contributed by atoms with Gasteiger partial charge in [-0.3, -0.25) is 4.98 Å². The highest BCUT2D eigenvalue weighted by Gasteiger charge is 2.27. The van der Waals surface area contributed by atoms with E-state index in [1.807, 2.05) is 0 Å². The van der Waals surface area contributed by atoms with Crippen LogP contribution in [-0.4, -0.2) is 9.97 Å². The van der Waals surface area contributed by atoms with Crippen molar-refractivity contribution in [2.75, 3.05) is 0 Å². The Bertz CT molecular complexity index is 1110. The molecule has 0 radical (unpaired) electrons. The number of aromatic nitrogens is 2. The number of H-pyrrole nitrogens is 1. The van der Waals surface area contributed by atoms with E-state index >= 15 is 0 Å². The van der Waals surface area contributed by atoms with Gasteiger partial charge in [0.25, 0.3) is 0 Å². The number of pyridine rings is 1. The van der Waals surface area contributed by atoms with Gasteiger partial charge in [0.1, 0.15) is 0 Å². The monoisotopic (exact) mass is 390 g/mol. The van der Waals surface area contributed by atoms with Gasteiger partial charge in [-0.2, -0.15) is 0 Å². The second kappa shape index (κ2) is 5.70. The minimum atomic E-state index is 0.427. The predicted octanol–water partition coefficient (Wildman–Crippen LogP) is 6.26. The summed E-state index contributed by atoms with van der Waals surface area (Å²) in [7, 11) is 0. The highest BCUT2D eigenvalue weighted by Crippen LogP contribution is 2.41. The molecule has 0 saturated heterocycles. The second-order valence-corrected chi connectivity index (χ2v) is 7.93. The first kappa shape index (κ1) is 15.2. The zero-order chi connectivity index (χ0) is 17.0. The second-order valence-electron chi connectivity index (χ2n) is 7.02. The molecule has 1 N–H and O–H groups in total. The molecule has 4 aromatic rings. The van der Waals surface area contributed by atoms with Crippen molar-refractivity contribution >= 4 is 37.7 Å². The van der Waals surface area contributed by atoms with Crippen molar-refractivity contribution in [2.45, 2.75) is 32.1 Å². The number of aromatic amines is 1. The molecule has 1 aliphatic carbocycles. The van der Waals surface area contributed by atoms with Crippen molar-refractivity contribution in [3.63, 3.8) is 0 Å². The summed E-state index contributed by atoms with van der Waals surface area (Å²) >= 11 is 3.59. The molecule has 5 rings (SSSR count). The Morgan fingerprint density at radius 2 is 2.00 bits per heavy atom. The van der Waals surface area contributed by atoms with Gasteiger partial charge >= 0.3 is 0 Å². The molecule has 2 heterocycles. The SMILES string of the molecule is Cc1[nH]c2ccccc2c1C1CCCc2nc3ccc(Br)cc3cc21. The molecule has 0 aliphatic heterocycles. The van der Waals surface area contributed by atoms with Gasteiger partial charge in [0.15, 0.2) is 0 Å². The van der Waals surface area contributed by atoms with Gasteiger partial charge in [0.05, 0.1) is 5.52 Å². The molecule has 0 spiro atoms. The van der Waals surface area contributed by atoms with Crippen LogP contribution in [0.3, 0.4) is 0 Å². The van der Waals surface area contributed by atoms with Crippen molar-refractivity contribution in [1.82, 2.24) is 9.97 Å². The van der Waals surface area contributed by atoms with E-state index < -0.39 is 0 Å². The number of nitrogens with zero attached hydrogens (tertiary/aromatic N) is 1. The lowest BCUT2D eigenvalue weighted by Gasteiger charge is -2.26. The standard InChI is InChI=1S/C22H19BrN2/c1-13-22(17-5-2-3-7-20(17)24-13)16-6-4-8-21-18(16)12-14-11-15(23)9-10-19(14)25-21/h2-3,5,7,9-12,16,24H,4,6,8H2,1H3. The number of halogens is 1. The number of hydrogen-bond donors (Lipinski definition) is 1. The molecule has 2 aromatic heterocycles. The number of rotatable bonds is 1. The van der Waals surface area contributed by atoms with E-state index in [-0.39, 0.29) is 0 Å². The molecular formula is C22H19BrN2. The molecule has 0 fully saturated rings. The fraction of sp³-hybridized carbons (Fsp3) is 0.227. The first-order valence-corrected chi connectivity index (χ1v) is 9.66. The van der Waals surface area contributed by atoms with Crippen LogP contribution in [0.15, 0.2) is 53.0 Å². The Morgan fingerprint density at radius 1 is 1.12 bits per heavy atom. The molecule has 0 amide bonds. The molecule has 0 saturated carbocycles. The number of aryl methyl sites for hydroxylation is 2.